The van der Waals surface area contributed by atoms with Gasteiger partial charge >= 0.3 is 0 Å². The average molecular weight is 542 g/mol. The topological polar surface area (TPSA) is 115 Å². The summed E-state index contributed by atoms with van der Waals surface area (Å²) in [5, 5.41) is 28.1. The average Bonchev–Trinajstić information content (AvgIpc) is 3.63. The minimum absolute atomic E-state index is 0.139. The van der Waals surface area contributed by atoms with E-state index in [9.17, 15) is 10.1 Å². The zero-order valence-electron chi connectivity index (χ0n) is 22.5. The summed E-state index contributed by atoms with van der Waals surface area (Å²) < 4.78 is 1.80. The molecule has 2 aliphatic rings. The molecule has 2 fully saturated rings. The lowest BCUT2D eigenvalue weighted by atomic mass is 9.91. The van der Waals surface area contributed by atoms with Crippen molar-refractivity contribution < 1.29 is 4.79 Å². The minimum atomic E-state index is 0.139. The highest BCUT2D eigenvalue weighted by atomic mass is 32.1. The van der Waals surface area contributed by atoms with E-state index in [0.29, 0.717) is 23.4 Å². The highest BCUT2D eigenvalue weighted by Gasteiger charge is 2.45. The summed E-state index contributed by atoms with van der Waals surface area (Å²) in [6.07, 6.45) is 5.70. The van der Waals surface area contributed by atoms with Crippen molar-refractivity contribution in [3.8, 4) is 28.0 Å². The lowest BCUT2D eigenvalue weighted by Crippen LogP contribution is -2.52. The van der Waals surface area contributed by atoms with Crippen LogP contribution in [0.2, 0.25) is 0 Å². The fourth-order valence-electron chi connectivity index (χ4n) is 6.10. The molecule has 11 heteroatoms. The van der Waals surface area contributed by atoms with E-state index < -0.39 is 0 Å². The van der Waals surface area contributed by atoms with Crippen LogP contribution in [-0.2, 0) is 4.79 Å². The van der Waals surface area contributed by atoms with Crippen molar-refractivity contribution in [2.24, 2.45) is 11.8 Å². The number of carbonyl (C=O) groups is 1. The monoisotopic (exact) mass is 541 g/mol. The lowest BCUT2D eigenvalue weighted by Gasteiger charge is -2.41. The number of amides is 1. The van der Waals surface area contributed by atoms with E-state index in [1.807, 2.05) is 42.4 Å². The molecule has 1 N–H and O–H groups in total. The highest BCUT2D eigenvalue weighted by molar-refractivity contribution is 7.18. The largest absolute Gasteiger partial charge is 0.382 e. The molecule has 1 aliphatic carbocycles. The molecule has 0 aromatic carbocycles. The van der Waals surface area contributed by atoms with E-state index in [2.05, 4.69) is 45.4 Å². The summed E-state index contributed by atoms with van der Waals surface area (Å²) in [7, 11) is 1.94. The first-order valence-electron chi connectivity index (χ1n) is 13.3. The summed E-state index contributed by atoms with van der Waals surface area (Å²) in [6, 6.07) is 10.4. The molecule has 4 aromatic rings. The number of aromatic nitrogens is 5. The summed E-state index contributed by atoms with van der Waals surface area (Å²) in [5.41, 5.74) is 4.83. The third-order valence-corrected chi connectivity index (χ3v) is 8.90. The molecular weight excluding hydrogens is 510 g/mol. The first-order chi connectivity index (χ1) is 18.8. The summed E-state index contributed by atoms with van der Waals surface area (Å²) in [4.78, 5) is 21.1. The molecule has 5 heterocycles. The Morgan fingerprint density at radius 1 is 1.18 bits per heavy atom. The van der Waals surface area contributed by atoms with Crippen molar-refractivity contribution in [2.75, 3.05) is 30.4 Å². The molecular formula is C28H31N9OS. The second kappa shape index (κ2) is 9.93. The maximum absolute atomic E-state index is 12.0. The van der Waals surface area contributed by atoms with Crippen molar-refractivity contribution in [2.45, 2.75) is 45.7 Å². The molecule has 1 saturated carbocycles. The van der Waals surface area contributed by atoms with Crippen LogP contribution < -0.4 is 10.2 Å². The van der Waals surface area contributed by atoms with Crippen LogP contribution in [0, 0.1) is 23.2 Å². The Kier molecular flexibility index (Phi) is 6.43. The Labute approximate surface area is 231 Å². The van der Waals surface area contributed by atoms with Crippen LogP contribution in [0.1, 0.15) is 39.2 Å². The van der Waals surface area contributed by atoms with Crippen molar-refractivity contribution >= 4 is 33.6 Å². The van der Waals surface area contributed by atoms with Gasteiger partial charge in [-0.25, -0.2) is 4.52 Å². The number of nitrogens with zero attached hydrogens (tertiary/aromatic N) is 8. The van der Waals surface area contributed by atoms with Crippen LogP contribution in [0.5, 0.6) is 0 Å². The normalized spacial score (nSPS) is 20.4. The van der Waals surface area contributed by atoms with E-state index in [4.69, 9.17) is 4.98 Å². The number of hydrogen-bond donors (Lipinski definition) is 1. The molecule has 1 aliphatic heterocycles. The number of hydrogen-bond acceptors (Lipinski definition) is 9. The van der Waals surface area contributed by atoms with Gasteiger partial charge in [0, 0.05) is 51.0 Å². The number of nitrogens with one attached hydrogen (secondary N) is 1. The molecule has 0 unspecified atom stereocenters. The fraction of sp³-hybridized carbons (Fsp3) is 0.429. The van der Waals surface area contributed by atoms with Crippen LogP contribution in [0.25, 0.3) is 27.5 Å². The maximum Gasteiger partial charge on any atom is 0.219 e. The van der Waals surface area contributed by atoms with Gasteiger partial charge in [-0.05, 0) is 62.8 Å². The molecule has 200 valence electrons. The first-order valence-corrected chi connectivity index (χ1v) is 14.1. The van der Waals surface area contributed by atoms with Gasteiger partial charge in [0.15, 0.2) is 5.01 Å². The minimum Gasteiger partial charge on any atom is -0.382 e. The summed E-state index contributed by atoms with van der Waals surface area (Å²) in [5.74, 6) is 1.05. The number of pyridine rings is 1. The Balaban J connectivity index is 1.29. The van der Waals surface area contributed by atoms with E-state index in [1.165, 1.54) is 0 Å². The van der Waals surface area contributed by atoms with E-state index in [-0.39, 0.29) is 11.9 Å². The summed E-state index contributed by atoms with van der Waals surface area (Å²) in [6.45, 7) is 7.65. The van der Waals surface area contributed by atoms with Gasteiger partial charge in [-0.1, -0.05) is 11.3 Å². The molecule has 2 bridgehead atoms. The van der Waals surface area contributed by atoms with Crippen LogP contribution in [0.3, 0.4) is 0 Å². The SMILES string of the molecule is CC(=O)N(C)[C@H]1[C@@H]2CC[C@H]1CN(c1nnc(-c3cnc(-c4ccc5cc(C#N)cnn45)cc3NC(C)C)s1)C2. The number of nitriles is 1. The predicted octanol–water partition coefficient (Wildman–Crippen LogP) is 4.30. The van der Waals surface area contributed by atoms with E-state index in [1.54, 1.807) is 29.0 Å². The van der Waals surface area contributed by atoms with Crippen LogP contribution in [0.15, 0.2) is 36.7 Å². The first kappa shape index (κ1) is 25.2. The molecule has 10 nitrogen and oxygen atoms in total. The number of rotatable bonds is 6. The van der Waals surface area contributed by atoms with Gasteiger partial charge < -0.3 is 15.1 Å². The van der Waals surface area contributed by atoms with Gasteiger partial charge in [0.25, 0.3) is 0 Å². The quantitative estimate of drug-likeness (QED) is 0.384. The zero-order valence-corrected chi connectivity index (χ0v) is 23.3. The number of carbonyl (C=O) groups excluding carboxylic acids is 1. The van der Waals surface area contributed by atoms with Crippen LogP contribution >= 0.6 is 11.3 Å². The molecule has 0 spiro atoms. The maximum atomic E-state index is 12.0. The predicted molar refractivity (Wildman–Crippen MR) is 151 cm³/mol. The third kappa shape index (κ3) is 4.59. The smallest absolute Gasteiger partial charge is 0.219 e. The standard InChI is InChI=1S/C28H31N9OS/c1-16(2)32-23-10-24(25-8-7-21-9-18(11-29)12-31-37(21)25)30-13-22(23)27-33-34-28(39-27)36-14-19-5-6-20(15-36)26(19)35(4)17(3)38/h7-10,12-13,16,19-20,26H,5-6,14-15H2,1-4H3,(H,30,32)/t19-,20+,26+. The Hall–Kier alpha value is -4.04. The highest BCUT2D eigenvalue weighted by Crippen LogP contribution is 2.43. The Morgan fingerprint density at radius 2 is 1.95 bits per heavy atom. The summed E-state index contributed by atoms with van der Waals surface area (Å²) >= 11 is 1.59. The van der Waals surface area contributed by atoms with Crippen LogP contribution in [0.4, 0.5) is 10.8 Å². The number of fused-ring (bicyclic) bond motifs is 3. The van der Waals surface area contributed by atoms with Gasteiger partial charge in [0.1, 0.15) is 6.07 Å². The molecule has 1 saturated heterocycles. The molecule has 0 radical (unpaired) electrons. The van der Waals surface area contributed by atoms with E-state index in [0.717, 1.165) is 64.2 Å². The third-order valence-electron chi connectivity index (χ3n) is 7.88. The van der Waals surface area contributed by atoms with Gasteiger partial charge in [0.2, 0.25) is 11.0 Å². The van der Waals surface area contributed by atoms with Gasteiger partial charge in [-0.15, -0.1) is 10.2 Å². The molecule has 6 rings (SSSR count). The Morgan fingerprint density at radius 3 is 2.64 bits per heavy atom. The molecule has 1 amide bonds. The van der Waals surface area contributed by atoms with Gasteiger partial charge in [-0.3, -0.25) is 9.78 Å². The zero-order chi connectivity index (χ0) is 27.3. The van der Waals surface area contributed by atoms with Gasteiger partial charge in [0.05, 0.1) is 34.2 Å². The molecule has 39 heavy (non-hydrogen) atoms. The van der Waals surface area contributed by atoms with Crippen LogP contribution in [-0.4, -0.2) is 67.8 Å². The second-order valence-electron chi connectivity index (χ2n) is 10.8. The lowest BCUT2D eigenvalue weighted by molar-refractivity contribution is -0.131. The molecule has 4 aromatic heterocycles. The Bertz CT molecular complexity index is 1570. The van der Waals surface area contributed by atoms with E-state index >= 15 is 0 Å². The number of piperidine rings is 1. The van der Waals surface area contributed by atoms with Crippen molar-refractivity contribution in [3.63, 3.8) is 0 Å². The number of anilines is 2. The van der Waals surface area contributed by atoms with Crippen molar-refractivity contribution in [1.29, 1.82) is 5.26 Å². The fourth-order valence-corrected chi connectivity index (χ4v) is 6.98. The van der Waals surface area contributed by atoms with Gasteiger partial charge in [-0.2, -0.15) is 10.4 Å². The molecule has 3 atom stereocenters. The van der Waals surface area contributed by atoms with Crippen molar-refractivity contribution in [1.82, 2.24) is 29.7 Å². The van der Waals surface area contributed by atoms with Crippen molar-refractivity contribution in [3.05, 3.63) is 42.2 Å². The second-order valence-corrected chi connectivity index (χ2v) is 11.8.